The van der Waals surface area contributed by atoms with Crippen molar-refractivity contribution in [3.05, 3.63) is 57.8 Å². The zero-order chi connectivity index (χ0) is 18.4. The van der Waals surface area contributed by atoms with Gasteiger partial charge in [0.1, 0.15) is 11.4 Å². The zero-order valence-electron chi connectivity index (χ0n) is 14.1. The van der Waals surface area contributed by atoms with Crippen LogP contribution in [0.3, 0.4) is 0 Å². The molecule has 1 N–H and O–H groups in total. The normalized spacial score (nSPS) is 10.4. The Morgan fingerprint density at radius 1 is 1.12 bits per heavy atom. The van der Waals surface area contributed by atoms with E-state index in [4.69, 9.17) is 23.2 Å². The zero-order valence-corrected chi connectivity index (χ0v) is 15.6. The van der Waals surface area contributed by atoms with Crippen molar-refractivity contribution < 1.29 is 9.59 Å². The van der Waals surface area contributed by atoms with Gasteiger partial charge >= 0.3 is 0 Å². The van der Waals surface area contributed by atoms with Crippen LogP contribution in [0.15, 0.2) is 36.4 Å². The van der Waals surface area contributed by atoms with Gasteiger partial charge in [-0.1, -0.05) is 48.7 Å². The Morgan fingerprint density at radius 2 is 1.80 bits per heavy atom. The molecule has 2 rings (SSSR count). The maximum atomic E-state index is 12.4. The monoisotopic (exact) mass is 379 g/mol. The largest absolute Gasteiger partial charge is 0.340 e. The van der Waals surface area contributed by atoms with E-state index in [1.807, 2.05) is 0 Å². The molecule has 25 heavy (non-hydrogen) atoms. The van der Waals surface area contributed by atoms with Gasteiger partial charge in [0.05, 0.1) is 15.7 Å². The first-order valence-electron chi connectivity index (χ1n) is 7.92. The third-order valence-corrected chi connectivity index (χ3v) is 4.41. The highest BCUT2D eigenvalue weighted by atomic mass is 35.5. The number of carbonyl (C=O) groups excluding carboxylic acids is 2. The van der Waals surface area contributed by atoms with E-state index in [9.17, 15) is 9.59 Å². The predicted octanol–water partition coefficient (Wildman–Crippen LogP) is 4.51. The van der Waals surface area contributed by atoms with Crippen LogP contribution in [0.2, 0.25) is 10.0 Å². The fraction of sp³-hybridized carbons (Fsp3) is 0.278. The lowest BCUT2D eigenvalue weighted by molar-refractivity contribution is 0.0787. The number of carbonyl (C=O) groups is 2. The summed E-state index contributed by atoms with van der Waals surface area (Å²) in [6.45, 7) is 2.70. The second-order valence-electron chi connectivity index (χ2n) is 5.54. The van der Waals surface area contributed by atoms with Gasteiger partial charge in [-0.05, 0) is 30.7 Å². The second-order valence-corrected chi connectivity index (χ2v) is 6.33. The number of pyridine rings is 1. The lowest BCUT2D eigenvalue weighted by Crippen LogP contribution is -2.29. The molecule has 0 fully saturated rings. The Hall–Kier alpha value is -2.11. The van der Waals surface area contributed by atoms with Crippen molar-refractivity contribution in [2.75, 3.05) is 18.9 Å². The van der Waals surface area contributed by atoms with Gasteiger partial charge in [-0.15, -0.1) is 0 Å². The summed E-state index contributed by atoms with van der Waals surface area (Å²) in [5.74, 6) is -0.682. The molecule has 132 valence electrons. The lowest BCUT2D eigenvalue weighted by atomic mass is 10.2. The quantitative estimate of drug-likeness (QED) is 0.802. The van der Waals surface area contributed by atoms with Gasteiger partial charge in [0.25, 0.3) is 11.8 Å². The van der Waals surface area contributed by atoms with Gasteiger partial charge in [0, 0.05) is 13.6 Å². The van der Waals surface area contributed by atoms with Crippen LogP contribution in [0.5, 0.6) is 0 Å². The summed E-state index contributed by atoms with van der Waals surface area (Å²) in [4.78, 5) is 30.5. The van der Waals surface area contributed by atoms with Gasteiger partial charge in [-0.25, -0.2) is 4.98 Å². The van der Waals surface area contributed by atoms with Crippen LogP contribution in [0, 0.1) is 0 Å². The number of hydrogen-bond donors (Lipinski definition) is 1. The highest BCUT2D eigenvalue weighted by Crippen LogP contribution is 2.29. The lowest BCUT2D eigenvalue weighted by Gasteiger charge is -2.16. The highest BCUT2D eigenvalue weighted by molar-refractivity contribution is 6.44. The average molecular weight is 380 g/mol. The molecule has 5 nitrogen and oxygen atoms in total. The number of benzene rings is 1. The van der Waals surface area contributed by atoms with Gasteiger partial charge in [0.15, 0.2) is 0 Å². The van der Waals surface area contributed by atoms with Crippen LogP contribution in [0.1, 0.15) is 40.7 Å². The van der Waals surface area contributed by atoms with Crippen LogP contribution >= 0.6 is 23.2 Å². The number of anilines is 1. The van der Waals surface area contributed by atoms with E-state index in [1.54, 1.807) is 42.3 Å². The third-order valence-electron chi connectivity index (χ3n) is 3.59. The Kier molecular flexibility index (Phi) is 6.79. The molecule has 1 aromatic carbocycles. The van der Waals surface area contributed by atoms with Crippen molar-refractivity contribution in [3.63, 3.8) is 0 Å². The topological polar surface area (TPSA) is 62.3 Å². The van der Waals surface area contributed by atoms with Gasteiger partial charge in [-0.2, -0.15) is 0 Å². The highest BCUT2D eigenvalue weighted by Gasteiger charge is 2.16. The molecule has 1 heterocycles. The minimum atomic E-state index is -0.463. The molecule has 0 saturated carbocycles. The molecule has 1 aromatic heterocycles. The summed E-state index contributed by atoms with van der Waals surface area (Å²) < 4.78 is 0. The molecule has 0 unspecified atom stereocenters. The van der Waals surface area contributed by atoms with Crippen molar-refractivity contribution in [2.24, 2.45) is 0 Å². The summed E-state index contributed by atoms with van der Waals surface area (Å²) in [5, 5.41) is 3.25. The maximum Gasteiger partial charge on any atom is 0.274 e. The van der Waals surface area contributed by atoms with E-state index in [-0.39, 0.29) is 22.3 Å². The van der Waals surface area contributed by atoms with Crippen LogP contribution in [0.4, 0.5) is 5.69 Å². The number of nitrogens with one attached hydrogen (secondary N) is 1. The number of amides is 2. The molecular weight excluding hydrogens is 361 g/mol. The van der Waals surface area contributed by atoms with E-state index in [1.165, 1.54) is 6.07 Å². The van der Waals surface area contributed by atoms with E-state index in [0.29, 0.717) is 17.3 Å². The smallest absolute Gasteiger partial charge is 0.274 e. The molecule has 0 radical (unpaired) electrons. The van der Waals surface area contributed by atoms with Crippen molar-refractivity contribution >= 4 is 40.7 Å². The SMILES string of the molecule is CCCCN(C)C(=O)c1cccc(C(=O)Nc2cccc(Cl)c2Cl)n1. The summed E-state index contributed by atoms with van der Waals surface area (Å²) in [5.41, 5.74) is 0.743. The van der Waals surface area contributed by atoms with E-state index in [2.05, 4.69) is 17.2 Å². The molecular formula is C18H19Cl2N3O2. The van der Waals surface area contributed by atoms with Gasteiger partial charge in [-0.3, -0.25) is 9.59 Å². The number of rotatable bonds is 6. The van der Waals surface area contributed by atoms with Crippen molar-refractivity contribution in [1.29, 1.82) is 0 Å². The molecule has 2 aromatic rings. The van der Waals surface area contributed by atoms with E-state index < -0.39 is 5.91 Å². The second kappa shape index (κ2) is 8.83. The number of unbranched alkanes of at least 4 members (excludes halogenated alkanes) is 1. The molecule has 0 atom stereocenters. The first kappa shape index (κ1) is 19.2. The Labute approximate surface area is 157 Å². The first-order valence-corrected chi connectivity index (χ1v) is 8.67. The minimum absolute atomic E-state index is 0.130. The average Bonchev–Trinajstić information content (AvgIpc) is 2.62. The summed E-state index contributed by atoms with van der Waals surface area (Å²) in [6.07, 6.45) is 1.91. The van der Waals surface area contributed by atoms with Crippen LogP contribution in [0.25, 0.3) is 0 Å². The van der Waals surface area contributed by atoms with Crippen molar-refractivity contribution in [3.8, 4) is 0 Å². The molecule has 0 bridgehead atoms. The first-order chi connectivity index (χ1) is 11.9. The van der Waals surface area contributed by atoms with Crippen LogP contribution < -0.4 is 5.32 Å². The van der Waals surface area contributed by atoms with E-state index >= 15 is 0 Å². The summed E-state index contributed by atoms with van der Waals surface area (Å²) >= 11 is 12.0. The minimum Gasteiger partial charge on any atom is -0.340 e. The molecule has 0 aliphatic heterocycles. The number of hydrogen-bond acceptors (Lipinski definition) is 3. The Bertz CT molecular complexity index is 781. The molecule has 2 amide bonds. The molecule has 0 saturated heterocycles. The number of aromatic nitrogens is 1. The third kappa shape index (κ3) is 4.94. The summed E-state index contributed by atoms with van der Waals surface area (Å²) in [6, 6.07) is 9.70. The number of halogens is 2. The van der Waals surface area contributed by atoms with Crippen molar-refractivity contribution in [2.45, 2.75) is 19.8 Å². The maximum absolute atomic E-state index is 12.4. The number of nitrogens with zero attached hydrogens (tertiary/aromatic N) is 2. The van der Waals surface area contributed by atoms with Gasteiger partial charge in [0.2, 0.25) is 0 Å². The fourth-order valence-corrected chi connectivity index (χ4v) is 2.51. The van der Waals surface area contributed by atoms with E-state index in [0.717, 1.165) is 12.8 Å². The van der Waals surface area contributed by atoms with Gasteiger partial charge < -0.3 is 10.2 Å². The Morgan fingerprint density at radius 3 is 2.52 bits per heavy atom. The van der Waals surface area contributed by atoms with Crippen LogP contribution in [-0.2, 0) is 0 Å². The van der Waals surface area contributed by atoms with Crippen molar-refractivity contribution in [1.82, 2.24) is 9.88 Å². The molecule has 0 aliphatic rings. The molecule has 0 spiro atoms. The predicted molar refractivity (Wildman–Crippen MR) is 101 cm³/mol. The summed E-state index contributed by atoms with van der Waals surface area (Å²) in [7, 11) is 1.72. The van der Waals surface area contributed by atoms with Crippen LogP contribution in [-0.4, -0.2) is 35.3 Å². The fourth-order valence-electron chi connectivity index (χ4n) is 2.16. The molecule has 7 heteroatoms. The Balaban J connectivity index is 2.16. The molecule has 0 aliphatic carbocycles. The standard InChI is InChI=1S/C18H19Cl2N3O2/c1-3-4-11-23(2)18(25)15-10-6-9-14(21-15)17(24)22-13-8-5-7-12(19)16(13)20/h5-10H,3-4,11H2,1-2H3,(H,22,24).